The van der Waals surface area contributed by atoms with Crippen LogP contribution in [0, 0.1) is 18.3 Å². The Balaban J connectivity index is 1.46. The lowest BCUT2D eigenvalue weighted by Gasteiger charge is -2.14. The van der Waals surface area contributed by atoms with Gasteiger partial charge in [-0.1, -0.05) is 86.6 Å². The van der Waals surface area contributed by atoms with Gasteiger partial charge in [0, 0.05) is 11.1 Å². The van der Waals surface area contributed by atoms with Crippen molar-refractivity contribution < 1.29 is 23.5 Å². The van der Waals surface area contributed by atoms with Crippen LogP contribution in [0.5, 0.6) is 5.75 Å². The number of carbonyl (C=O) groups is 2. The monoisotopic (exact) mass is 508 g/mol. The molecule has 1 heterocycles. The third kappa shape index (κ3) is 6.11. The summed E-state index contributed by atoms with van der Waals surface area (Å²) in [6.07, 6.45) is 0. The number of nitrogens with zero attached hydrogens (tertiary/aromatic N) is 1. The van der Waals surface area contributed by atoms with Crippen LogP contribution in [0.3, 0.4) is 0 Å². The molecule has 7 heteroatoms. The molecule has 0 aliphatic carbocycles. The Hall–Kier alpha value is -4.83. The van der Waals surface area contributed by atoms with Gasteiger partial charge >= 0.3 is 5.97 Å². The molecule has 0 radical (unpaired) electrons. The van der Waals surface area contributed by atoms with Crippen LogP contribution in [0.4, 0.5) is 5.88 Å². The topological polar surface area (TPSA) is 102 Å². The van der Waals surface area contributed by atoms with E-state index >= 15 is 0 Å². The summed E-state index contributed by atoms with van der Waals surface area (Å²) in [6, 6.07) is 26.6. The summed E-state index contributed by atoms with van der Waals surface area (Å²) < 4.78 is 16.8. The van der Waals surface area contributed by atoms with Crippen LogP contribution >= 0.6 is 0 Å². The highest BCUT2D eigenvalue weighted by molar-refractivity contribution is 5.96. The van der Waals surface area contributed by atoms with E-state index in [4.69, 9.17) is 13.9 Å². The number of ether oxygens (including phenoxy) is 2. The molecule has 0 bridgehead atoms. The van der Waals surface area contributed by atoms with Crippen molar-refractivity contribution in [2.45, 2.75) is 26.7 Å². The molecule has 0 fully saturated rings. The number of hydrogen-bond donors (Lipinski definition) is 1. The van der Waals surface area contributed by atoms with Crippen LogP contribution in [0.1, 0.15) is 36.5 Å². The Morgan fingerprint density at radius 1 is 0.947 bits per heavy atom. The fourth-order valence-electron chi connectivity index (χ4n) is 4.03. The van der Waals surface area contributed by atoms with Crippen LogP contribution in [-0.2, 0) is 14.3 Å². The van der Waals surface area contributed by atoms with Crippen LogP contribution in [-0.4, -0.2) is 25.1 Å². The number of hydrogen-bond acceptors (Lipinski definition) is 6. The van der Waals surface area contributed by atoms with E-state index in [9.17, 15) is 14.9 Å². The summed E-state index contributed by atoms with van der Waals surface area (Å²) in [5.41, 5.74) is 4.26. The first-order chi connectivity index (χ1) is 18.4. The number of esters is 1. The van der Waals surface area contributed by atoms with Crippen molar-refractivity contribution in [3.05, 3.63) is 95.6 Å². The molecule has 1 N–H and O–H groups in total. The molecule has 0 aliphatic rings. The second kappa shape index (κ2) is 11.9. The minimum Gasteiger partial charge on any atom is -0.482 e. The van der Waals surface area contributed by atoms with Crippen LogP contribution < -0.4 is 10.1 Å². The van der Waals surface area contributed by atoms with Gasteiger partial charge in [-0.05, 0) is 35.6 Å². The summed E-state index contributed by atoms with van der Waals surface area (Å²) in [5, 5.41) is 12.5. The largest absolute Gasteiger partial charge is 0.482 e. The quantitative estimate of drug-likeness (QED) is 0.260. The standard InChI is InChI=1S/C31H28N2O5/c1-20(2)24-15-14-21(3)16-26(24)36-19-28(35)37-18-27(34)33-31-25(17-32)29(22-10-6-4-7-11-22)30(38-31)23-12-8-5-9-13-23/h4-16,20H,18-19H2,1-3H3,(H,33,34). The molecule has 1 aromatic heterocycles. The van der Waals surface area contributed by atoms with E-state index in [0.717, 1.165) is 22.3 Å². The van der Waals surface area contributed by atoms with Crippen LogP contribution in [0.2, 0.25) is 0 Å². The number of rotatable bonds is 9. The lowest BCUT2D eigenvalue weighted by atomic mass is 9.98. The molecule has 3 aromatic carbocycles. The molecule has 0 saturated heterocycles. The van der Waals surface area contributed by atoms with E-state index in [-0.39, 0.29) is 24.0 Å². The first kappa shape index (κ1) is 26.2. The number of nitriles is 1. The maximum Gasteiger partial charge on any atom is 0.344 e. The number of carbonyl (C=O) groups excluding carboxylic acids is 2. The highest BCUT2D eigenvalue weighted by Gasteiger charge is 2.24. The van der Waals surface area contributed by atoms with Gasteiger partial charge in [-0.3, -0.25) is 10.1 Å². The molecule has 0 aliphatic heterocycles. The zero-order chi connectivity index (χ0) is 27.1. The summed E-state index contributed by atoms with van der Waals surface area (Å²) in [6.45, 7) is 5.13. The van der Waals surface area contributed by atoms with Crippen LogP contribution in [0.25, 0.3) is 22.5 Å². The molecule has 7 nitrogen and oxygen atoms in total. The van der Waals surface area contributed by atoms with Crippen molar-refractivity contribution >= 4 is 17.8 Å². The number of aryl methyl sites for hydroxylation is 1. The number of nitrogens with one attached hydrogen (secondary N) is 1. The summed E-state index contributed by atoms with van der Waals surface area (Å²) in [7, 11) is 0. The van der Waals surface area contributed by atoms with Crippen molar-refractivity contribution in [3.8, 4) is 34.3 Å². The van der Waals surface area contributed by atoms with Gasteiger partial charge in [0.05, 0.1) is 0 Å². The molecule has 4 aromatic rings. The Kier molecular flexibility index (Phi) is 8.24. The van der Waals surface area contributed by atoms with Crippen molar-refractivity contribution in [2.24, 2.45) is 0 Å². The molecule has 0 unspecified atom stereocenters. The maximum atomic E-state index is 12.6. The SMILES string of the molecule is Cc1ccc(C(C)C)c(OCC(=O)OCC(=O)Nc2oc(-c3ccccc3)c(-c3ccccc3)c2C#N)c1. The Bertz CT molecular complexity index is 1470. The molecule has 4 rings (SSSR count). The molecule has 0 saturated carbocycles. The molecule has 0 atom stereocenters. The fourth-order valence-corrected chi connectivity index (χ4v) is 4.03. The molecule has 0 spiro atoms. The third-order valence-corrected chi connectivity index (χ3v) is 5.87. The molecule has 1 amide bonds. The van der Waals surface area contributed by atoms with E-state index < -0.39 is 18.5 Å². The molecule has 38 heavy (non-hydrogen) atoms. The average Bonchev–Trinajstić information content (AvgIpc) is 3.29. The van der Waals surface area contributed by atoms with Gasteiger partial charge in [0.25, 0.3) is 5.91 Å². The highest BCUT2D eigenvalue weighted by Crippen LogP contribution is 2.41. The van der Waals surface area contributed by atoms with Crippen molar-refractivity contribution in [1.82, 2.24) is 0 Å². The predicted octanol–water partition coefficient (Wildman–Crippen LogP) is 6.48. The van der Waals surface area contributed by atoms with Gasteiger partial charge in [0.2, 0.25) is 5.88 Å². The second-order valence-corrected chi connectivity index (χ2v) is 9.05. The Labute approximate surface area is 221 Å². The molecule has 192 valence electrons. The van der Waals surface area contributed by atoms with E-state index in [1.54, 1.807) is 0 Å². The molecular weight excluding hydrogens is 480 g/mol. The van der Waals surface area contributed by atoms with Crippen molar-refractivity contribution in [2.75, 3.05) is 18.5 Å². The third-order valence-electron chi connectivity index (χ3n) is 5.87. The van der Waals surface area contributed by atoms with Gasteiger partial charge in [-0.25, -0.2) is 4.79 Å². The second-order valence-electron chi connectivity index (χ2n) is 9.05. The van der Waals surface area contributed by atoms with Gasteiger partial charge in [0.15, 0.2) is 13.2 Å². The van der Waals surface area contributed by atoms with Crippen molar-refractivity contribution in [1.29, 1.82) is 5.26 Å². The van der Waals surface area contributed by atoms with E-state index in [2.05, 4.69) is 11.4 Å². The first-order valence-corrected chi connectivity index (χ1v) is 12.2. The van der Waals surface area contributed by atoms with Gasteiger partial charge < -0.3 is 13.9 Å². The normalized spacial score (nSPS) is 10.6. The van der Waals surface area contributed by atoms with Gasteiger partial charge in [-0.15, -0.1) is 0 Å². The summed E-state index contributed by atoms with van der Waals surface area (Å²) in [4.78, 5) is 24.9. The fraction of sp³-hybridized carbons (Fsp3) is 0.194. The Morgan fingerprint density at radius 3 is 2.24 bits per heavy atom. The number of amides is 1. The maximum absolute atomic E-state index is 12.6. The minimum atomic E-state index is -0.689. The smallest absolute Gasteiger partial charge is 0.344 e. The number of benzene rings is 3. The average molecular weight is 509 g/mol. The number of anilines is 1. The lowest BCUT2D eigenvalue weighted by molar-refractivity contribution is -0.149. The van der Waals surface area contributed by atoms with Crippen molar-refractivity contribution in [3.63, 3.8) is 0 Å². The summed E-state index contributed by atoms with van der Waals surface area (Å²) in [5.74, 6) is -0.0568. The first-order valence-electron chi connectivity index (χ1n) is 12.2. The van der Waals surface area contributed by atoms with Gasteiger partial charge in [-0.2, -0.15) is 5.26 Å². The zero-order valence-corrected chi connectivity index (χ0v) is 21.5. The number of furan rings is 1. The van der Waals surface area contributed by atoms with E-state index in [0.29, 0.717) is 17.1 Å². The minimum absolute atomic E-state index is 0.0103. The predicted molar refractivity (Wildman–Crippen MR) is 145 cm³/mol. The Morgan fingerprint density at radius 2 is 1.61 bits per heavy atom. The van der Waals surface area contributed by atoms with Crippen LogP contribution in [0.15, 0.2) is 83.3 Å². The lowest BCUT2D eigenvalue weighted by Crippen LogP contribution is -2.24. The van der Waals surface area contributed by atoms with E-state index in [1.165, 1.54) is 0 Å². The zero-order valence-electron chi connectivity index (χ0n) is 21.5. The summed E-state index contributed by atoms with van der Waals surface area (Å²) >= 11 is 0. The van der Waals surface area contributed by atoms with E-state index in [1.807, 2.05) is 99.6 Å². The molecular formula is C31H28N2O5. The van der Waals surface area contributed by atoms with Gasteiger partial charge in [0.1, 0.15) is 23.1 Å². The highest BCUT2D eigenvalue weighted by atomic mass is 16.6.